The zero-order valence-corrected chi connectivity index (χ0v) is 15.2. The maximum absolute atomic E-state index is 12.6. The molecule has 0 bridgehead atoms. The van der Waals surface area contributed by atoms with Crippen molar-refractivity contribution in [3.8, 4) is 0 Å². The van der Waals surface area contributed by atoms with Crippen molar-refractivity contribution in [2.75, 3.05) is 22.9 Å². The Bertz CT molecular complexity index is 1080. The Morgan fingerprint density at radius 1 is 1.04 bits per heavy atom. The lowest BCUT2D eigenvalue weighted by Gasteiger charge is -2.13. The molecular weight excluding hydrogens is 364 g/mol. The maximum Gasteiger partial charge on any atom is 0.261 e. The smallest absolute Gasteiger partial charge is 0.261 e. The van der Waals surface area contributed by atoms with Crippen LogP contribution in [-0.4, -0.2) is 36.0 Å². The molecule has 3 rings (SSSR count). The van der Waals surface area contributed by atoms with E-state index in [1.807, 2.05) is 0 Å². The number of carbonyl (C=O) groups is 1. The Kier molecular flexibility index (Phi) is 4.08. The Morgan fingerprint density at radius 2 is 1.72 bits per heavy atom. The fourth-order valence-corrected chi connectivity index (χ4v) is 4.73. The van der Waals surface area contributed by atoms with Gasteiger partial charge in [0.25, 0.3) is 10.0 Å². The number of fused-ring (bicyclic) bond motifs is 1. The summed E-state index contributed by atoms with van der Waals surface area (Å²) in [4.78, 5) is 13.1. The van der Waals surface area contributed by atoms with E-state index in [1.165, 1.54) is 35.2 Å². The number of amides is 1. The SMILES string of the molecule is CN1C(=O)Cc2cc(S(=O)(=O)Nc3ccccc3S(C)(=O)=O)ccc21. The summed E-state index contributed by atoms with van der Waals surface area (Å²) in [5, 5.41) is 0. The minimum Gasteiger partial charge on any atom is -0.315 e. The second-order valence-electron chi connectivity index (χ2n) is 5.79. The van der Waals surface area contributed by atoms with Crippen LogP contribution in [0, 0.1) is 0 Å². The van der Waals surface area contributed by atoms with Gasteiger partial charge >= 0.3 is 0 Å². The van der Waals surface area contributed by atoms with Gasteiger partial charge in [-0.3, -0.25) is 9.52 Å². The Labute approximate surface area is 146 Å². The van der Waals surface area contributed by atoms with Crippen molar-refractivity contribution in [1.29, 1.82) is 0 Å². The summed E-state index contributed by atoms with van der Waals surface area (Å²) >= 11 is 0. The van der Waals surface area contributed by atoms with Gasteiger partial charge in [0, 0.05) is 19.0 Å². The second-order valence-corrected chi connectivity index (χ2v) is 9.46. The summed E-state index contributed by atoms with van der Waals surface area (Å²) in [5.74, 6) is -0.111. The van der Waals surface area contributed by atoms with Gasteiger partial charge in [-0.15, -0.1) is 0 Å². The molecular formula is C16H16N2O5S2. The molecule has 0 atom stereocenters. The van der Waals surface area contributed by atoms with Crippen LogP contribution in [0.15, 0.2) is 52.3 Å². The molecule has 0 saturated carbocycles. The van der Waals surface area contributed by atoms with E-state index in [4.69, 9.17) is 0 Å². The van der Waals surface area contributed by atoms with Crippen molar-refractivity contribution < 1.29 is 21.6 Å². The predicted octanol–water partition coefficient (Wildman–Crippen LogP) is 1.41. The van der Waals surface area contributed by atoms with E-state index < -0.39 is 19.9 Å². The molecule has 0 radical (unpaired) electrons. The highest BCUT2D eigenvalue weighted by atomic mass is 32.2. The van der Waals surface area contributed by atoms with Crippen LogP contribution in [0.2, 0.25) is 0 Å². The molecule has 25 heavy (non-hydrogen) atoms. The number of likely N-dealkylation sites (N-methyl/N-ethyl adjacent to an activating group) is 1. The van der Waals surface area contributed by atoms with Crippen LogP contribution in [0.25, 0.3) is 0 Å². The molecule has 0 aliphatic carbocycles. The number of carbonyl (C=O) groups excluding carboxylic acids is 1. The fourth-order valence-electron chi connectivity index (χ4n) is 2.69. The first-order valence-electron chi connectivity index (χ1n) is 7.31. The van der Waals surface area contributed by atoms with Crippen molar-refractivity contribution >= 4 is 37.1 Å². The molecule has 1 aliphatic heterocycles. The van der Waals surface area contributed by atoms with Crippen LogP contribution < -0.4 is 9.62 Å². The molecule has 1 aliphatic rings. The van der Waals surface area contributed by atoms with Gasteiger partial charge in [0.15, 0.2) is 9.84 Å². The van der Waals surface area contributed by atoms with Crippen LogP contribution >= 0.6 is 0 Å². The minimum absolute atomic E-state index is 0.0151. The van der Waals surface area contributed by atoms with Crippen LogP contribution in [0.5, 0.6) is 0 Å². The van der Waals surface area contributed by atoms with E-state index in [0.717, 1.165) is 6.26 Å². The van der Waals surface area contributed by atoms with Gasteiger partial charge in [-0.25, -0.2) is 16.8 Å². The second kappa shape index (κ2) is 5.85. The van der Waals surface area contributed by atoms with E-state index in [2.05, 4.69) is 4.72 Å². The number of anilines is 2. The van der Waals surface area contributed by atoms with Gasteiger partial charge in [0.05, 0.1) is 21.9 Å². The van der Waals surface area contributed by atoms with Crippen molar-refractivity contribution in [3.05, 3.63) is 48.0 Å². The average Bonchev–Trinajstić information content (AvgIpc) is 2.81. The Balaban J connectivity index is 2.00. The van der Waals surface area contributed by atoms with Gasteiger partial charge in [-0.1, -0.05) is 12.1 Å². The number of sulfone groups is 1. The lowest BCUT2D eigenvalue weighted by molar-refractivity contribution is -0.117. The quantitative estimate of drug-likeness (QED) is 0.864. The van der Waals surface area contributed by atoms with Gasteiger partial charge < -0.3 is 4.90 Å². The number of rotatable bonds is 4. The number of hydrogen-bond acceptors (Lipinski definition) is 5. The molecule has 1 amide bonds. The van der Waals surface area contributed by atoms with E-state index >= 15 is 0 Å². The number of nitrogens with zero attached hydrogens (tertiary/aromatic N) is 1. The molecule has 0 aromatic heterocycles. The molecule has 132 valence electrons. The first-order chi connectivity index (χ1) is 11.6. The monoisotopic (exact) mass is 380 g/mol. The number of para-hydroxylation sites is 1. The van der Waals surface area contributed by atoms with Crippen LogP contribution in [-0.2, 0) is 31.1 Å². The normalized spacial score (nSPS) is 14.5. The lowest BCUT2D eigenvalue weighted by Crippen LogP contribution is -2.20. The minimum atomic E-state index is -4.00. The molecule has 1 heterocycles. The van der Waals surface area contributed by atoms with E-state index in [1.54, 1.807) is 19.2 Å². The third-order valence-corrected chi connectivity index (χ3v) is 6.49. The third-order valence-electron chi connectivity index (χ3n) is 3.97. The molecule has 0 fully saturated rings. The summed E-state index contributed by atoms with van der Waals surface area (Å²) < 4.78 is 51.2. The Hall–Kier alpha value is -2.39. The summed E-state index contributed by atoms with van der Waals surface area (Å²) in [5.41, 5.74) is 1.27. The highest BCUT2D eigenvalue weighted by Gasteiger charge is 2.27. The van der Waals surface area contributed by atoms with Crippen molar-refractivity contribution in [3.63, 3.8) is 0 Å². The molecule has 0 spiro atoms. The third kappa shape index (κ3) is 3.24. The van der Waals surface area contributed by atoms with Crippen LogP contribution in [0.3, 0.4) is 0 Å². The first kappa shape index (κ1) is 17.4. The van der Waals surface area contributed by atoms with Gasteiger partial charge in [-0.05, 0) is 35.9 Å². The Morgan fingerprint density at radius 3 is 2.40 bits per heavy atom. The highest BCUT2D eigenvalue weighted by molar-refractivity contribution is 7.93. The molecule has 0 saturated heterocycles. The first-order valence-corrected chi connectivity index (χ1v) is 10.7. The summed E-state index contributed by atoms with van der Waals surface area (Å²) in [7, 11) is -5.96. The zero-order chi connectivity index (χ0) is 18.4. The van der Waals surface area contributed by atoms with E-state index in [0.29, 0.717) is 11.3 Å². The maximum atomic E-state index is 12.6. The van der Waals surface area contributed by atoms with Gasteiger partial charge in [-0.2, -0.15) is 0 Å². The summed E-state index contributed by atoms with van der Waals surface area (Å²) in [6.45, 7) is 0. The highest BCUT2D eigenvalue weighted by Crippen LogP contribution is 2.31. The summed E-state index contributed by atoms with van der Waals surface area (Å²) in [6, 6.07) is 10.2. The van der Waals surface area contributed by atoms with Crippen molar-refractivity contribution in [2.24, 2.45) is 0 Å². The summed E-state index contributed by atoms with van der Waals surface area (Å²) in [6.07, 6.45) is 1.14. The molecule has 7 nitrogen and oxygen atoms in total. The molecule has 2 aromatic carbocycles. The average molecular weight is 380 g/mol. The molecule has 2 aromatic rings. The number of hydrogen-bond donors (Lipinski definition) is 1. The zero-order valence-electron chi connectivity index (χ0n) is 13.6. The largest absolute Gasteiger partial charge is 0.315 e. The van der Waals surface area contributed by atoms with Crippen LogP contribution in [0.4, 0.5) is 11.4 Å². The number of nitrogens with one attached hydrogen (secondary N) is 1. The topological polar surface area (TPSA) is 101 Å². The van der Waals surface area contributed by atoms with Gasteiger partial charge in [0.2, 0.25) is 5.91 Å². The van der Waals surface area contributed by atoms with E-state index in [-0.39, 0.29) is 27.8 Å². The number of benzene rings is 2. The number of sulfonamides is 1. The van der Waals surface area contributed by atoms with Crippen molar-refractivity contribution in [1.82, 2.24) is 0 Å². The molecule has 1 N–H and O–H groups in total. The van der Waals surface area contributed by atoms with Crippen LogP contribution in [0.1, 0.15) is 5.56 Å². The van der Waals surface area contributed by atoms with Gasteiger partial charge in [0.1, 0.15) is 0 Å². The van der Waals surface area contributed by atoms with Crippen molar-refractivity contribution in [2.45, 2.75) is 16.2 Å². The fraction of sp³-hybridized carbons (Fsp3) is 0.188. The predicted molar refractivity (Wildman–Crippen MR) is 93.9 cm³/mol. The molecule has 9 heteroatoms. The molecule has 0 unspecified atom stereocenters. The lowest BCUT2D eigenvalue weighted by atomic mass is 10.2. The van der Waals surface area contributed by atoms with E-state index in [9.17, 15) is 21.6 Å². The standard InChI is InChI=1S/C16H16N2O5S2/c1-18-14-8-7-12(9-11(14)10-16(18)19)25(22,23)17-13-5-3-4-6-15(13)24(2,20)21/h3-9,17H,10H2,1-2H3.